The van der Waals surface area contributed by atoms with Gasteiger partial charge in [-0.05, 0) is 60.8 Å². The lowest BCUT2D eigenvalue weighted by atomic mass is 9.54. The van der Waals surface area contributed by atoms with Crippen molar-refractivity contribution in [1.82, 2.24) is 0 Å². The van der Waals surface area contributed by atoms with Crippen molar-refractivity contribution in [2.45, 2.75) is 58.0 Å². The molecule has 3 aliphatic rings. The second-order valence-electron chi connectivity index (χ2n) is 7.94. The number of hydrogen-bond acceptors (Lipinski definition) is 4. The number of esters is 1. The summed E-state index contributed by atoms with van der Waals surface area (Å²) in [6.07, 6.45) is 3.63. The molecule has 2 saturated carbocycles. The minimum atomic E-state index is -0.475. The first kappa shape index (κ1) is 15.8. The molecule has 0 heterocycles. The third-order valence-corrected chi connectivity index (χ3v) is 6.65. The molecule has 0 amide bonds. The minimum absolute atomic E-state index is 0.101. The van der Waals surface area contributed by atoms with Crippen molar-refractivity contribution in [2.75, 3.05) is 0 Å². The Kier molecular flexibility index (Phi) is 3.57. The molecule has 0 radical (unpaired) electrons. The molecule has 5 atom stereocenters. The Labute approximate surface area is 142 Å². The molecule has 0 unspecified atom stereocenters. The molecule has 0 aromatic heterocycles. The molecule has 4 heteroatoms. The van der Waals surface area contributed by atoms with E-state index in [-0.39, 0.29) is 17.3 Å². The first-order valence-corrected chi connectivity index (χ1v) is 8.93. The maximum absolute atomic E-state index is 12.4. The Morgan fingerprint density at radius 3 is 2.83 bits per heavy atom. The molecule has 0 saturated heterocycles. The van der Waals surface area contributed by atoms with Crippen molar-refractivity contribution in [3.8, 4) is 5.75 Å². The van der Waals surface area contributed by atoms with Gasteiger partial charge < -0.3 is 9.84 Å². The van der Waals surface area contributed by atoms with Gasteiger partial charge in [0.1, 0.15) is 11.5 Å². The van der Waals surface area contributed by atoms with Gasteiger partial charge in [-0.2, -0.15) is 0 Å². The Bertz CT molecular complexity index is 710. The topological polar surface area (TPSA) is 63.6 Å². The van der Waals surface area contributed by atoms with Gasteiger partial charge in [0.25, 0.3) is 0 Å². The number of ether oxygens (including phenoxy) is 1. The van der Waals surface area contributed by atoms with Crippen LogP contribution in [0.4, 0.5) is 0 Å². The Hall–Kier alpha value is -1.68. The van der Waals surface area contributed by atoms with Crippen LogP contribution in [0.15, 0.2) is 18.2 Å². The van der Waals surface area contributed by atoms with Gasteiger partial charge in [-0.15, -0.1) is 0 Å². The smallest absolute Gasteiger partial charge is 0.308 e. The van der Waals surface area contributed by atoms with Crippen LogP contribution in [0.5, 0.6) is 5.75 Å². The molecule has 2 fully saturated rings. The summed E-state index contributed by atoms with van der Waals surface area (Å²) in [4.78, 5) is 23.5. The van der Waals surface area contributed by atoms with Gasteiger partial charge in [0.2, 0.25) is 0 Å². The largest absolute Gasteiger partial charge is 0.427 e. The standard InChI is InChI=1S/C20H24O4/c1-11(21)24-13-4-6-14-12(9-13)3-5-15-16-7-8-18(23)20(16,2)10-17(22)19(14)15/h4,6,9,15-17,19,22H,3,5,7-8,10H2,1-2H3/t15-,16-,17+,19+,20-/m0/s1. The lowest BCUT2D eigenvalue weighted by Gasteiger charge is -2.50. The van der Waals surface area contributed by atoms with E-state index in [1.54, 1.807) is 0 Å². The lowest BCUT2D eigenvalue weighted by molar-refractivity contribution is -0.133. The van der Waals surface area contributed by atoms with E-state index in [1.807, 2.05) is 18.2 Å². The number of ketones is 1. The van der Waals surface area contributed by atoms with E-state index in [4.69, 9.17) is 4.74 Å². The lowest BCUT2D eigenvalue weighted by Crippen LogP contribution is -2.48. The highest BCUT2D eigenvalue weighted by Gasteiger charge is 2.57. The molecule has 1 aromatic carbocycles. The van der Waals surface area contributed by atoms with Gasteiger partial charge >= 0.3 is 5.97 Å². The van der Waals surface area contributed by atoms with Crippen LogP contribution in [0.3, 0.4) is 0 Å². The molecule has 1 aromatic rings. The SMILES string of the molecule is CC(=O)Oc1ccc2c(c1)CC[C@@H]1[C@@H]2[C@H](O)C[C@]2(C)C(=O)CC[C@@H]12. The Balaban J connectivity index is 1.70. The normalized spacial score (nSPS) is 37.4. The Morgan fingerprint density at radius 2 is 2.08 bits per heavy atom. The third kappa shape index (κ3) is 2.23. The van der Waals surface area contributed by atoms with Gasteiger partial charge in [-0.25, -0.2) is 0 Å². The summed E-state index contributed by atoms with van der Waals surface area (Å²) < 4.78 is 5.20. The first-order valence-electron chi connectivity index (χ1n) is 8.93. The molecule has 4 rings (SSSR count). The van der Waals surface area contributed by atoms with Crippen molar-refractivity contribution in [1.29, 1.82) is 0 Å². The third-order valence-electron chi connectivity index (χ3n) is 6.65. The highest BCUT2D eigenvalue weighted by Crippen LogP contribution is 2.59. The number of benzene rings is 1. The summed E-state index contributed by atoms with van der Waals surface area (Å²) >= 11 is 0. The van der Waals surface area contributed by atoms with Crippen LogP contribution in [0, 0.1) is 17.3 Å². The molecule has 3 aliphatic carbocycles. The zero-order chi connectivity index (χ0) is 17.1. The quantitative estimate of drug-likeness (QED) is 0.636. The molecular weight excluding hydrogens is 304 g/mol. The Morgan fingerprint density at radius 1 is 1.29 bits per heavy atom. The number of carbonyl (C=O) groups is 2. The van der Waals surface area contributed by atoms with Crippen molar-refractivity contribution < 1.29 is 19.4 Å². The number of Topliss-reactive ketones (excluding diaryl/α,β-unsaturated/α-hetero) is 1. The van der Waals surface area contributed by atoms with Gasteiger partial charge in [0, 0.05) is 24.7 Å². The van der Waals surface area contributed by atoms with Gasteiger partial charge in [0.05, 0.1) is 6.10 Å². The van der Waals surface area contributed by atoms with Gasteiger partial charge in [-0.1, -0.05) is 13.0 Å². The fourth-order valence-electron chi connectivity index (χ4n) is 5.64. The van der Waals surface area contributed by atoms with Crippen molar-refractivity contribution >= 4 is 11.8 Å². The van der Waals surface area contributed by atoms with Crippen LogP contribution in [-0.4, -0.2) is 23.0 Å². The predicted molar refractivity (Wildman–Crippen MR) is 88.8 cm³/mol. The highest BCUT2D eigenvalue weighted by atomic mass is 16.5. The predicted octanol–water partition coefficient (Wildman–Crippen LogP) is 3.01. The molecule has 4 nitrogen and oxygen atoms in total. The van der Waals surface area contributed by atoms with E-state index in [9.17, 15) is 14.7 Å². The summed E-state index contributed by atoms with van der Waals surface area (Å²) in [5.74, 6) is 1.45. The van der Waals surface area contributed by atoms with Gasteiger partial charge in [-0.3, -0.25) is 9.59 Å². The fraction of sp³-hybridized carbons (Fsp3) is 0.600. The highest BCUT2D eigenvalue weighted by molar-refractivity contribution is 5.87. The molecule has 24 heavy (non-hydrogen) atoms. The number of carbonyl (C=O) groups excluding carboxylic acids is 2. The van der Waals surface area contributed by atoms with E-state index in [0.717, 1.165) is 19.3 Å². The summed E-state index contributed by atoms with van der Waals surface area (Å²) in [6, 6.07) is 5.77. The fourth-order valence-corrected chi connectivity index (χ4v) is 5.64. The zero-order valence-corrected chi connectivity index (χ0v) is 14.2. The van der Waals surface area contributed by atoms with Crippen molar-refractivity contribution in [2.24, 2.45) is 17.3 Å². The summed E-state index contributed by atoms with van der Waals surface area (Å²) in [5, 5.41) is 10.9. The number of aryl methyl sites for hydroxylation is 1. The van der Waals surface area contributed by atoms with Crippen LogP contribution in [0.2, 0.25) is 0 Å². The van der Waals surface area contributed by atoms with E-state index >= 15 is 0 Å². The molecule has 1 N–H and O–H groups in total. The molecule has 0 spiro atoms. The molecular formula is C20H24O4. The van der Waals surface area contributed by atoms with E-state index in [0.29, 0.717) is 36.2 Å². The molecule has 128 valence electrons. The number of rotatable bonds is 1. The average molecular weight is 328 g/mol. The van der Waals surface area contributed by atoms with Crippen LogP contribution >= 0.6 is 0 Å². The second kappa shape index (κ2) is 5.41. The van der Waals surface area contributed by atoms with E-state index in [2.05, 4.69) is 6.92 Å². The summed E-state index contributed by atoms with van der Waals surface area (Å²) in [6.45, 7) is 3.46. The number of aliphatic hydroxyl groups excluding tert-OH is 1. The maximum Gasteiger partial charge on any atom is 0.308 e. The number of hydrogen-bond donors (Lipinski definition) is 1. The summed E-state index contributed by atoms with van der Waals surface area (Å²) in [7, 11) is 0. The maximum atomic E-state index is 12.4. The van der Waals surface area contributed by atoms with Crippen molar-refractivity contribution in [3.63, 3.8) is 0 Å². The van der Waals surface area contributed by atoms with Gasteiger partial charge in [0.15, 0.2) is 0 Å². The van der Waals surface area contributed by atoms with Crippen LogP contribution in [-0.2, 0) is 16.0 Å². The summed E-state index contributed by atoms with van der Waals surface area (Å²) in [5.41, 5.74) is 2.01. The van der Waals surface area contributed by atoms with E-state index < -0.39 is 6.10 Å². The number of aliphatic hydroxyl groups is 1. The zero-order valence-electron chi connectivity index (χ0n) is 14.2. The van der Waals surface area contributed by atoms with E-state index in [1.165, 1.54) is 18.1 Å². The monoisotopic (exact) mass is 328 g/mol. The average Bonchev–Trinajstić information content (AvgIpc) is 2.81. The van der Waals surface area contributed by atoms with Crippen LogP contribution in [0.1, 0.15) is 56.6 Å². The van der Waals surface area contributed by atoms with Crippen molar-refractivity contribution in [3.05, 3.63) is 29.3 Å². The molecule has 0 aliphatic heterocycles. The minimum Gasteiger partial charge on any atom is -0.427 e. The first-order chi connectivity index (χ1) is 11.4. The second-order valence-corrected chi connectivity index (χ2v) is 7.94. The van der Waals surface area contributed by atoms with Crippen LogP contribution < -0.4 is 4.74 Å². The number of fused-ring (bicyclic) bond motifs is 5. The molecule has 0 bridgehead atoms. The van der Waals surface area contributed by atoms with Crippen LogP contribution in [0.25, 0.3) is 0 Å².